The Morgan fingerprint density at radius 2 is 2.29 bits per heavy atom. The molecule has 1 aliphatic carbocycles. The molecule has 2 aromatic rings. The molecule has 0 radical (unpaired) electrons. The maximum Gasteiger partial charge on any atom is 0.356 e. The van der Waals surface area contributed by atoms with E-state index in [0.717, 1.165) is 33.4 Å². The van der Waals surface area contributed by atoms with Gasteiger partial charge in [0.15, 0.2) is 5.69 Å². The molecule has 1 atom stereocenters. The lowest BCUT2D eigenvalue weighted by Gasteiger charge is -2.38. The van der Waals surface area contributed by atoms with Crippen LogP contribution in [0.2, 0.25) is 0 Å². The maximum absolute atomic E-state index is 11.5. The number of H-pyrrole nitrogens is 1. The first kappa shape index (κ1) is 14.5. The van der Waals surface area contributed by atoms with Gasteiger partial charge in [-0.15, -0.1) is 0 Å². The molecule has 0 aromatic carbocycles. The van der Waals surface area contributed by atoms with E-state index in [1.165, 1.54) is 0 Å². The second-order valence-electron chi connectivity index (χ2n) is 6.09. The van der Waals surface area contributed by atoms with Crippen LogP contribution < -0.4 is 0 Å². The average Bonchev–Trinajstić information content (AvgIpc) is 2.81. The first-order valence-electron chi connectivity index (χ1n) is 6.82. The van der Waals surface area contributed by atoms with E-state index < -0.39 is 5.97 Å². The second-order valence-corrected chi connectivity index (χ2v) is 7.34. The number of rotatable bonds is 2. The number of carboxylic acids is 1. The van der Waals surface area contributed by atoms with Crippen LogP contribution in [-0.4, -0.2) is 26.3 Å². The van der Waals surface area contributed by atoms with Crippen LogP contribution in [0, 0.1) is 8.99 Å². The van der Waals surface area contributed by atoms with Crippen LogP contribution in [-0.2, 0) is 6.42 Å². The summed E-state index contributed by atoms with van der Waals surface area (Å²) in [6.07, 6.45) is 3.57. The Hall–Kier alpha value is -1.44. The molecule has 21 heavy (non-hydrogen) atoms. The smallest absolute Gasteiger partial charge is 0.356 e. The summed E-state index contributed by atoms with van der Waals surface area (Å²) in [6, 6.07) is 3.97. The van der Waals surface area contributed by atoms with Crippen LogP contribution in [0.25, 0.3) is 0 Å². The molecule has 0 fully saturated rings. The molecule has 0 aliphatic heterocycles. The van der Waals surface area contributed by atoms with Gasteiger partial charge >= 0.3 is 5.97 Å². The fourth-order valence-electron chi connectivity index (χ4n) is 3.16. The molecular formula is C15H16IN3O2. The van der Waals surface area contributed by atoms with E-state index in [1.54, 1.807) is 6.20 Å². The number of nitrogens with one attached hydrogen (secondary N) is 1. The fraction of sp³-hybridized carbons (Fsp3) is 0.400. The van der Waals surface area contributed by atoms with Gasteiger partial charge in [-0.1, -0.05) is 13.8 Å². The molecule has 6 heteroatoms. The highest BCUT2D eigenvalue weighted by Gasteiger charge is 2.42. The Kier molecular flexibility index (Phi) is 3.51. The van der Waals surface area contributed by atoms with Crippen molar-refractivity contribution in [3.05, 3.63) is 44.5 Å². The van der Waals surface area contributed by atoms with Crippen LogP contribution in [0.1, 0.15) is 53.6 Å². The van der Waals surface area contributed by atoms with Crippen molar-refractivity contribution in [2.24, 2.45) is 5.41 Å². The summed E-state index contributed by atoms with van der Waals surface area (Å²) in [5.41, 5.74) is 2.71. The van der Waals surface area contributed by atoms with Gasteiger partial charge in [0.2, 0.25) is 0 Å². The predicted molar refractivity (Wildman–Crippen MR) is 86.4 cm³/mol. The van der Waals surface area contributed by atoms with Crippen molar-refractivity contribution in [3.63, 3.8) is 0 Å². The topological polar surface area (TPSA) is 78.9 Å². The number of fused-ring (bicyclic) bond motifs is 1. The Morgan fingerprint density at radius 1 is 1.52 bits per heavy atom. The SMILES string of the molecule is CC1(C)CCc2[nH]nc(C(=O)O)c2C1c1cc(I)ccn1. The molecule has 0 amide bonds. The minimum atomic E-state index is -0.985. The monoisotopic (exact) mass is 397 g/mol. The lowest BCUT2D eigenvalue weighted by molar-refractivity contribution is 0.0687. The molecule has 2 heterocycles. The number of hydrogen-bond donors (Lipinski definition) is 2. The number of hydrogen-bond acceptors (Lipinski definition) is 3. The van der Waals surface area contributed by atoms with Gasteiger partial charge in [0.25, 0.3) is 0 Å². The van der Waals surface area contributed by atoms with Crippen LogP contribution in [0.15, 0.2) is 18.3 Å². The summed E-state index contributed by atoms with van der Waals surface area (Å²) in [6.45, 7) is 4.33. The van der Waals surface area contributed by atoms with Gasteiger partial charge in [0.1, 0.15) is 0 Å². The number of pyridine rings is 1. The minimum absolute atomic E-state index is 0.0548. The number of aromatic carboxylic acids is 1. The van der Waals surface area contributed by atoms with E-state index in [2.05, 4.69) is 51.6 Å². The fourth-order valence-corrected chi connectivity index (χ4v) is 3.64. The van der Waals surface area contributed by atoms with E-state index in [9.17, 15) is 9.90 Å². The zero-order chi connectivity index (χ0) is 15.2. The molecule has 0 bridgehead atoms. The van der Waals surface area contributed by atoms with Crippen LogP contribution in [0.3, 0.4) is 0 Å². The van der Waals surface area contributed by atoms with E-state index >= 15 is 0 Å². The molecule has 2 N–H and O–H groups in total. The highest BCUT2D eigenvalue weighted by molar-refractivity contribution is 14.1. The number of aryl methyl sites for hydroxylation is 1. The number of nitrogens with zero attached hydrogens (tertiary/aromatic N) is 2. The number of aromatic amines is 1. The van der Waals surface area contributed by atoms with Crippen LogP contribution in [0.4, 0.5) is 0 Å². The molecule has 0 spiro atoms. The Bertz CT molecular complexity index is 709. The number of carboxylic acid groups (broad SMARTS) is 1. The molecule has 0 saturated carbocycles. The predicted octanol–water partition coefficient (Wildman–Crippen LogP) is 3.21. The van der Waals surface area contributed by atoms with Gasteiger partial charge in [-0.2, -0.15) is 5.10 Å². The van der Waals surface area contributed by atoms with Gasteiger partial charge < -0.3 is 5.11 Å². The Balaban J connectivity index is 2.22. The lowest BCUT2D eigenvalue weighted by atomic mass is 9.66. The highest BCUT2D eigenvalue weighted by Crippen LogP contribution is 2.48. The van der Waals surface area contributed by atoms with Gasteiger partial charge in [0, 0.05) is 32.6 Å². The molecule has 1 unspecified atom stereocenters. The van der Waals surface area contributed by atoms with Crippen molar-refractivity contribution >= 4 is 28.6 Å². The summed E-state index contributed by atoms with van der Waals surface area (Å²) >= 11 is 2.25. The molecule has 0 saturated heterocycles. The van der Waals surface area contributed by atoms with Crippen molar-refractivity contribution in [1.29, 1.82) is 0 Å². The average molecular weight is 397 g/mol. The number of carbonyl (C=O) groups is 1. The Morgan fingerprint density at radius 3 is 2.95 bits per heavy atom. The lowest BCUT2D eigenvalue weighted by Crippen LogP contribution is -2.30. The summed E-state index contributed by atoms with van der Waals surface area (Å²) in [5, 5.41) is 16.3. The van der Waals surface area contributed by atoms with Gasteiger partial charge in [-0.05, 0) is 53.0 Å². The minimum Gasteiger partial charge on any atom is -0.476 e. The number of halogens is 1. The maximum atomic E-state index is 11.5. The molecule has 5 nitrogen and oxygen atoms in total. The largest absolute Gasteiger partial charge is 0.476 e. The van der Waals surface area contributed by atoms with E-state index in [4.69, 9.17) is 0 Å². The summed E-state index contributed by atoms with van der Waals surface area (Å²) in [7, 11) is 0. The zero-order valence-corrected chi connectivity index (χ0v) is 14.0. The van der Waals surface area contributed by atoms with Crippen molar-refractivity contribution in [2.75, 3.05) is 0 Å². The molecule has 1 aliphatic rings. The van der Waals surface area contributed by atoms with Crippen LogP contribution >= 0.6 is 22.6 Å². The first-order chi connectivity index (χ1) is 9.90. The molecule has 3 rings (SSSR count). The second kappa shape index (κ2) is 5.08. The van der Waals surface area contributed by atoms with Crippen molar-refractivity contribution in [1.82, 2.24) is 15.2 Å². The van der Waals surface area contributed by atoms with Crippen molar-refractivity contribution < 1.29 is 9.90 Å². The van der Waals surface area contributed by atoms with Crippen LogP contribution in [0.5, 0.6) is 0 Å². The number of aromatic nitrogens is 3. The quantitative estimate of drug-likeness (QED) is 0.763. The third-order valence-electron chi connectivity index (χ3n) is 4.21. The van der Waals surface area contributed by atoms with Crippen molar-refractivity contribution in [2.45, 2.75) is 32.6 Å². The standard InChI is InChI=1S/C15H16IN3O2/c1-15(2)5-3-9-11(13(14(20)21)19-18-9)12(15)10-7-8(16)4-6-17-10/h4,6-7,12H,3,5H2,1-2H3,(H,18,19)(H,20,21). The van der Waals surface area contributed by atoms with Gasteiger partial charge in [-0.25, -0.2) is 4.79 Å². The third kappa shape index (κ3) is 2.45. The first-order valence-corrected chi connectivity index (χ1v) is 7.90. The third-order valence-corrected chi connectivity index (χ3v) is 4.88. The van der Waals surface area contributed by atoms with E-state index in [1.807, 2.05) is 12.1 Å². The Labute approximate surface area is 136 Å². The highest BCUT2D eigenvalue weighted by atomic mass is 127. The molecule has 110 valence electrons. The van der Waals surface area contributed by atoms with Gasteiger partial charge in [-0.3, -0.25) is 10.1 Å². The zero-order valence-electron chi connectivity index (χ0n) is 11.9. The molecule has 2 aromatic heterocycles. The van der Waals surface area contributed by atoms with Crippen molar-refractivity contribution in [3.8, 4) is 0 Å². The summed E-state index contributed by atoms with van der Waals surface area (Å²) in [5.74, 6) is -1.04. The molecular weight excluding hydrogens is 381 g/mol. The van der Waals surface area contributed by atoms with E-state index in [-0.39, 0.29) is 17.0 Å². The normalized spacial score (nSPS) is 20.0. The summed E-state index contributed by atoms with van der Waals surface area (Å²) in [4.78, 5) is 16.0. The summed E-state index contributed by atoms with van der Waals surface area (Å²) < 4.78 is 1.10. The van der Waals surface area contributed by atoms with Gasteiger partial charge in [0.05, 0.1) is 0 Å². The van der Waals surface area contributed by atoms with E-state index in [0.29, 0.717) is 0 Å².